The van der Waals surface area contributed by atoms with Gasteiger partial charge in [0.25, 0.3) is 0 Å². The van der Waals surface area contributed by atoms with Gasteiger partial charge >= 0.3 is 0 Å². The van der Waals surface area contributed by atoms with Gasteiger partial charge in [0, 0.05) is 25.5 Å². The number of guanidine groups is 1. The molecule has 32 heavy (non-hydrogen) atoms. The van der Waals surface area contributed by atoms with Crippen molar-refractivity contribution in [2.45, 2.75) is 53.1 Å². The fourth-order valence-electron chi connectivity index (χ4n) is 3.15. The zero-order valence-electron chi connectivity index (χ0n) is 19.1. The van der Waals surface area contributed by atoms with E-state index in [1.54, 1.807) is 6.20 Å². The average molecular weight is 547 g/mol. The Morgan fingerprint density at radius 1 is 1.00 bits per heavy atom. The van der Waals surface area contributed by atoms with E-state index in [1.807, 2.05) is 30.8 Å². The number of nitrogens with one attached hydrogen (secondary N) is 2. The minimum atomic E-state index is 0. The molecule has 1 heterocycles. The maximum Gasteiger partial charge on any atom is 0.191 e. The quantitative estimate of drug-likeness (QED) is 0.219. The van der Waals surface area contributed by atoms with E-state index < -0.39 is 0 Å². The van der Waals surface area contributed by atoms with Gasteiger partial charge in [-0.2, -0.15) is 5.10 Å². The lowest BCUT2D eigenvalue weighted by Gasteiger charge is -2.14. The van der Waals surface area contributed by atoms with Gasteiger partial charge in [-0.15, -0.1) is 24.0 Å². The van der Waals surface area contributed by atoms with E-state index in [-0.39, 0.29) is 30.1 Å². The molecule has 0 atom stereocenters. The van der Waals surface area contributed by atoms with Crippen LogP contribution in [0.3, 0.4) is 0 Å². The number of benzene rings is 2. The van der Waals surface area contributed by atoms with E-state index in [0.29, 0.717) is 19.7 Å². The molecule has 0 fully saturated rings. The summed E-state index contributed by atoms with van der Waals surface area (Å²) in [7, 11) is 0. The van der Waals surface area contributed by atoms with Gasteiger partial charge in [0.15, 0.2) is 5.96 Å². The molecule has 0 saturated heterocycles. The predicted molar refractivity (Wildman–Crippen MR) is 141 cm³/mol. The summed E-state index contributed by atoms with van der Waals surface area (Å²) in [5.74, 6) is 0.809. The first-order chi connectivity index (χ1) is 15.1. The Morgan fingerprint density at radius 2 is 1.72 bits per heavy atom. The Bertz CT molecular complexity index is 939. The van der Waals surface area contributed by atoms with Crippen molar-refractivity contribution in [2.24, 2.45) is 4.99 Å². The lowest BCUT2D eigenvalue weighted by molar-refractivity contribution is 0.0657. The first-order valence-corrected chi connectivity index (χ1v) is 10.9. The molecule has 0 saturated carbocycles. The highest BCUT2D eigenvalue weighted by Crippen LogP contribution is 2.11. The third-order valence-corrected chi connectivity index (χ3v) is 4.83. The van der Waals surface area contributed by atoms with Gasteiger partial charge in [0.05, 0.1) is 25.8 Å². The fraction of sp³-hybridized carbons (Fsp3) is 0.360. The van der Waals surface area contributed by atoms with Crippen LogP contribution in [-0.2, 0) is 31.0 Å². The summed E-state index contributed by atoms with van der Waals surface area (Å²) in [5, 5.41) is 11.1. The third kappa shape index (κ3) is 8.63. The summed E-state index contributed by atoms with van der Waals surface area (Å²) >= 11 is 0. The van der Waals surface area contributed by atoms with Crippen molar-refractivity contribution >= 4 is 29.9 Å². The van der Waals surface area contributed by atoms with Crippen LogP contribution in [0.4, 0.5) is 0 Å². The van der Waals surface area contributed by atoms with Gasteiger partial charge in [-0.05, 0) is 49.1 Å². The molecule has 3 rings (SSSR count). The van der Waals surface area contributed by atoms with Crippen LogP contribution >= 0.6 is 24.0 Å². The highest BCUT2D eigenvalue weighted by Gasteiger charge is 2.05. The number of aromatic nitrogens is 2. The summed E-state index contributed by atoms with van der Waals surface area (Å²) < 4.78 is 7.60. The maximum atomic E-state index is 5.66. The van der Waals surface area contributed by atoms with Crippen molar-refractivity contribution in [2.75, 3.05) is 6.54 Å². The number of aliphatic imine (C=N–C) groups is 1. The van der Waals surface area contributed by atoms with Crippen molar-refractivity contribution < 1.29 is 4.74 Å². The Kier molecular flexibility index (Phi) is 11.2. The van der Waals surface area contributed by atoms with Crippen molar-refractivity contribution in [3.63, 3.8) is 0 Å². The molecule has 0 unspecified atom stereocenters. The van der Waals surface area contributed by atoms with Crippen molar-refractivity contribution in [1.82, 2.24) is 20.4 Å². The number of hydrogen-bond acceptors (Lipinski definition) is 3. The summed E-state index contributed by atoms with van der Waals surface area (Å²) in [6.45, 7) is 9.71. The molecule has 7 heteroatoms. The van der Waals surface area contributed by atoms with Crippen LogP contribution in [0.2, 0.25) is 0 Å². The molecule has 172 valence electrons. The second-order valence-electron chi connectivity index (χ2n) is 7.70. The Balaban J connectivity index is 0.00000363. The lowest BCUT2D eigenvalue weighted by atomic mass is 10.1. The first-order valence-electron chi connectivity index (χ1n) is 10.9. The van der Waals surface area contributed by atoms with Crippen LogP contribution in [0.25, 0.3) is 0 Å². The molecular formula is C25H34IN5O. The molecule has 0 aliphatic heterocycles. The summed E-state index contributed by atoms with van der Waals surface area (Å²) in [5.41, 5.74) is 4.83. The van der Waals surface area contributed by atoms with Crippen LogP contribution in [0.15, 0.2) is 72.0 Å². The molecule has 0 bridgehead atoms. The molecule has 0 spiro atoms. The van der Waals surface area contributed by atoms with Crippen molar-refractivity contribution in [3.05, 3.63) is 89.2 Å². The van der Waals surface area contributed by atoms with Gasteiger partial charge < -0.3 is 15.4 Å². The van der Waals surface area contributed by atoms with E-state index in [0.717, 1.165) is 19.0 Å². The van der Waals surface area contributed by atoms with Gasteiger partial charge in [0.1, 0.15) is 0 Å². The molecule has 0 aliphatic rings. The highest BCUT2D eigenvalue weighted by molar-refractivity contribution is 14.0. The van der Waals surface area contributed by atoms with Crippen LogP contribution in [0.1, 0.15) is 43.0 Å². The third-order valence-electron chi connectivity index (χ3n) is 4.83. The van der Waals surface area contributed by atoms with Crippen LogP contribution in [0, 0.1) is 0 Å². The van der Waals surface area contributed by atoms with E-state index in [1.165, 1.54) is 22.3 Å². The molecule has 1 aromatic heterocycles. The minimum absolute atomic E-state index is 0. The molecule has 6 nitrogen and oxygen atoms in total. The molecule has 3 aromatic rings. The number of ether oxygens (including phenoxy) is 1. The fourth-order valence-corrected chi connectivity index (χ4v) is 3.15. The first kappa shape index (κ1) is 25.9. The monoisotopic (exact) mass is 547 g/mol. The van der Waals surface area contributed by atoms with Crippen LogP contribution < -0.4 is 10.6 Å². The van der Waals surface area contributed by atoms with E-state index in [9.17, 15) is 0 Å². The number of hydrogen-bond donors (Lipinski definition) is 2. The Morgan fingerprint density at radius 3 is 2.38 bits per heavy atom. The number of rotatable bonds is 10. The summed E-state index contributed by atoms with van der Waals surface area (Å²) in [6.07, 6.45) is 4.03. The molecule has 0 radical (unpaired) electrons. The molecule has 2 N–H and O–H groups in total. The van der Waals surface area contributed by atoms with Crippen LogP contribution in [-0.4, -0.2) is 28.4 Å². The van der Waals surface area contributed by atoms with E-state index >= 15 is 0 Å². The summed E-state index contributed by atoms with van der Waals surface area (Å²) in [4.78, 5) is 4.75. The molecule has 0 aliphatic carbocycles. The SMILES string of the molecule is CCNC(=NCc1ccc(COC(C)C)cc1)NCc1ccccc1Cn1cccn1.I. The Labute approximate surface area is 208 Å². The standard InChI is InChI=1S/C25H33N5O.HI/c1-4-26-25(27-16-21-10-12-22(13-11-21)19-31-20(2)3)28-17-23-8-5-6-9-24(23)18-30-15-7-14-29-30;/h5-15,20H,4,16-19H2,1-3H3,(H2,26,27,28);1H. The smallest absolute Gasteiger partial charge is 0.191 e. The second kappa shape index (κ2) is 13.9. The largest absolute Gasteiger partial charge is 0.374 e. The molecule has 2 aromatic carbocycles. The summed E-state index contributed by atoms with van der Waals surface area (Å²) in [6, 6.07) is 18.8. The normalized spacial score (nSPS) is 11.3. The van der Waals surface area contributed by atoms with Gasteiger partial charge in [0.2, 0.25) is 0 Å². The van der Waals surface area contributed by atoms with Gasteiger partial charge in [-0.3, -0.25) is 4.68 Å². The average Bonchev–Trinajstić information content (AvgIpc) is 3.29. The van der Waals surface area contributed by atoms with Gasteiger partial charge in [-0.1, -0.05) is 48.5 Å². The molecule has 0 amide bonds. The van der Waals surface area contributed by atoms with E-state index in [4.69, 9.17) is 9.73 Å². The zero-order valence-corrected chi connectivity index (χ0v) is 21.5. The maximum absolute atomic E-state index is 5.66. The lowest BCUT2D eigenvalue weighted by Crippen LogP contribution is -2.37. The van der Waals surface area contributed by atoms with Crippen LogP contribution in [0.5, 0.6) is 0 Å². The topological polar surface area (TPSA) is 63.5 Å². The number of halogens is 1. The van der Waals surface area contributed by atoms with Crippen molar-refractivity contribution in [1.29, 1.82) is 0 Å². The predicted octanol–water partition coefficient (Wildman–Crippen LogP) is 4.73. The van der Waals surface area contributed by atoms with E-state index in [2.05, 4.69) is 71.2 Å². The second-order valence-corrected chi connectivity index (χ2v) is 7.70. The Hall–Kier alpha value is -2.39. The minimum Gasteiger partial charge on any atom is -0.374 e. The zero-order chi connectivity index (χ0) is 21.9. The number of nitrogens with zero attached hydrogens (tertiary/aromatic N) is 3. The van der Waals surface area contributed by atoms with Gasteiger partial charge in [-0.25, -0.2) is 4.99 Å². The van der Waals surface area contributed by atoms with Crippen molar-refractivity contribution in [3.8, 4) is 0 Å². The highest BCUT2D eigenvalue weighted by atomic mass is 127. The molecular weight excluding hydrogens is 513 g/mol.